The predicted octanol–water partition coefficient (Wildman–Crippen LogP) is 4.04. The van der Waals surface area contributed by atoms with E-state index in [4.69, 9.17) is 4.74 Å². The van der Waals surface area contributed by atoms with Gasteiger partial charge < -0.3 is 10.1 Å². The number of aryl methyl sites for hydroxylation is 1. The Morgan fingerprint density at radius 3 is 2.31 bits per heavy atom. The molecule has 0 unspecified atom stereocenters. The molecule has 1 N–H and O–H groups in total. The fourth-order valence-corrected chi connectivity index (χ4v) is 2.39. The molecule has 0 radical (unpaired) electrons. The highest BCUT2D eigenvalue weighted by Crippen LogP contribution is 2.16. The Morgan fingerprint density at radius 1 is 1.04 bits per heavy atom. The molecule has 134 valence electrons. The van der Waals surface area contributed by atoms with Gasteiger partial charge in [-0.15, -0.1) is 5.10 Å². The number of nitrogens with zero attached hydrogens (tertiary/aromatic N) is 3. The second-order valence-electron chi connectivity index (χ2n) is 5.72. The molecule has 6 heteroatoms. The maximum atomic E-state index is 12.3. The summed E-state index contributed by atoms with van der Waals surface area (Å²) in [5.74, 6) is 0.751. The Labute approximate surface area is 152 Å². The van der Waals surface area contributed by atoms with Crippen molar-refractivity contribution in [1.29, 1.82) is 0 Å². The Kier molecular flexibility index (Phi) is 5.98. The second kappa shape index (κ2) is 8.80. The van der Waals surface area contributed by atoms with Crippen molar-refractivity contribution in [1.82, 2.24) is 15.0 Å². The third-order valence-corrected chi connectivity index (χ3v) is 3.83. The minimum atomic E-state index is -0.460. The average molecular weight is 352 g/mol. The van der Waals surface area contributed by atoms with Gasteiger partial charge in [0.05, 0.1) is 12.7 Å². The molecular weight excluding hydrogens is 331 g/mol. The number of hydrogen-bond acceptors (Lipinski definition) is 4. The fourth-order valence-electron chi connectivity index (χ4n) is 2.39. The summed E-state index contributed by atoms with van der Waals surface area (Å²) < 4.78 is 19.4. The molecule has 2 aromatic carbocycles. The molecule has 3 rings (SSSR count). The molecule has 0 spiro atoms. The molecule has 0 saturated heterocycles. The molecule has 1 aromatic heterocycles. The van der Waals surface area contributed by atoms with Crippen LogP contribution in [-0.2, 0) is 13.2 Å². The van der Waals surface area contributed by atoms with Crippen LogP contribution in [0.4, 0.5) is 10.1 Å². The fraction of sp³-hybridized carbons (Fsp3) is 0.200. The summed E-state index contributed by atoms with van der Waals surface area (Å²) in [4.78, 5) is 0. The molecule has 3 aromatic rings. The molecule has 0 atom stereocenters. The molecule has 0 aliphatic heterocycles. The quantitative estimate of drug-likeness (QED) is 0.622. The molecule has 0 aliphatic carbocycles. The minimum Gasteiger partial charge on any atom is -0.487 e. The van der Waals surface area contributed by atoms with Crippen molar-refractivity contribution in [3.8, 4) is 5.75 Å². The van der Waals surface area contributed by atoms with Crippen LogP contribution in [0.15, 0.2) is 54.7 Å². The molecule has 0 fully saturated rings. The number of anilines is 1. The SMILES string of the molecule is CNc1ccc(/C=C/c2ccc(OCc3cn(CCF)nn3)cc2)cc1. The zero-order chi connectivity index (χ0) is 18.2. The minimum absolute atomic E-state index is 0.214. The van der Waals surface area contributed by atoms with E-state index in [2.05, 4.69) is 39.9 Å². The number of aromatic nitrogens is 3. The van der Waals surface area contributed by atoms with Gasteiger partial charge in [-0.25, -0.2) is 9.07 Å². The van der Waals surface area contributed by atoms with Gasteiger partial charge in [0.1, 0.15) is 24.7 Å². The topological polar surface area (TPSA) is 52.0 Å². The Morgan fingerprint density at radius 2 is 1.69 bits per heavy atom. The molecule has 0 aliphatic rings. The van der Waals surface area contributed by atoms with E-state index < -0.39 is 6.67 Å². The van der Waals surface area contributed by atoms with Gasteiger partial charge >= 0.3 is 0 Å². The van der Waals surface area contributed by atoms with E-state index in [1.807, 2.05) is 43.4 Å². The predicted molar refractivity (Wildman–Crippen MR) is 102 cm³/mol. The van der Waals surface area contributed by atoms with E-state index in [9.17, 15) is 4.39 Å². The second-order valence-corrected chi connectivity index (χ2v) is 5.72. The van der Waals surface area contributed by atoms with Crippen molar-refractivity contribution in [3.05, 3.63) is 71.5 Å². The van der Waals surface area contributed by atoms with Gasteiger partial charge in [0, 0.05) is 12.7 Å². The molecule has 26 heavy (non-hydrogen) atoms. The van der Waals surface area contributed by atoms with Crippen LogP contribution in [0.3, 0.4) is 0 Å². The van der Waals surface area contributed by atoms with Gasteiger partial charge in [-0.2, -0.15) is 0 Å². The number of nitrogens with one attached hydrogen (secondary N) is 1. The van der Waals surface area contributed by atoms with E-state index in [0.29, 0.717) is 12.3 Å². The highest BCUT2D eigenvalue weighted by atomic mass is 19.1. The van der Waals surface area contributed by atoms with Crippen molar-refractivity contribution < 1.29 is 9.13 Å². The van der Waals surface area contributed by atoms with Crippen molar-refractivity contribution in [2.75, 3.05) is 19.0 Å². The first kappa shape index (κ1) is 17.7. The highest BCUT2D eigenvalue weighted by molar-refractivity contribution is 5.70. The molecule has 0 amide bonds. The maximum absolute atomic E-state index is 12.3. The Bertz CT molecular complexity index is 841. The lowest BCUT2D eigenvalue weighted by Crippen LogP contribution is -1.99. The van der Waals surface area contributed by atoms with Gasteiger partial charge in [0.2, 0.25) is 0 Å². The third-order valence-electron chi connectivity index (χ3n) is 3.83. The van der Waals surface area contributed by atoms with Crippen molar-refractivity contribution in [2.24, 2.45) is 0 Å². The first-order valence-electron chi connectivity index (χ1n) is 8.40. The third kappa shape index (κ3) is 4.92. The van der Waals surface area contributed by atoms with Crippen LogP contribution in [-0.4, -0.2) is 28.7 Å². The monoisotopic (exact) mass is 352 g/mol. The van der Waals surface area contributed by atoms with E-state index in [1.165, 1.54) is 4.68 Å². The van der Waals surface area contributed by atoms with E-state index in [-0.39, 0.29) is 6.54 Å². The van der Waals surface area contributed by atoms with Crippen molar-refractivity contribution in [2.45, 2.75) is 13.2 Å². The number of alkyl halides is 1. The van der Waals surface area contributed by atoms with Gasteiger partial charge in [0.25, 0.3) is 0 Å². The molecule has 0 saturated carbocycles. The van der Waals surface area contributed by atoms with Gasteiger partial charge in [0.15, 0.2) is 0 Å². The summed E-state index contributed by atoms with van der Waals surface area (Å²) in [7, 11) is 1.90. The lowest BCUT2D eigenvalue weighted by atomic mass is 10.1. The first-order chi connectivity index (χ1) is 12.8. The van der Waals surface area contributed by atoms with Gasteiger partial charge in [-0.05, 0) is 35.4 Å². The van der Waals surface area contributed by atoms with Crippen LogP contribution in [0.2, 0.25) is 0 Å². The smallest absolute Gasteiger partial charge is 0.134 e. The van der Waals surface area contributed by atoms with Crippen molar-refractivity contribution >= 4 is 17.8 Å². The lowest BCUT2D eigenvalue weighted by molar-refractivity contribution is 0.301. The van der Waals surface area contributed by atoms with Gasteiger partial charge in [-0.1, -0.05) is 41.6 Å². The number of hydrogen-bond donors (Lipinski definition) is 1. The van der Waals surface area contributed by atoms with Crippen LogP contribution in [0.1, 0.15) is 16.8 Å². The number of rotatable bonds is 8. The standard InChI is InChI=1S/C20H21FN4O/c1-22-18-8-4-16(5-9-18)2-3-17-6-10-20(11-7-17)26-15-19-14-25(13-12-21)24-23-19/h2-11,14,22H,12-13,15H2,1H3/b3-2+. The molecule has 1 heterocycles. The number of halogens is 1. The Hall–Kier alpha value is -3.15. The summed E-state index contributed by atoms with van der Waals surface area (Å²) in [5, 5.41) is 10.9. The highest BCUT2D eigenvalue weighted by Gasteiger charge is 2.02. The summed E-state index contributed by atoms with van der Waals surface area (Å²) in [6, 6.07) is 16.0. The summed E-state index contributed by atoms with van der Waals surface area (Å²) in [6.07, 6.45) is 5.81. The first-order valence-corrected chi connectivity index (χ1v) is 8.40. The maximum Gasteiger partial charge on any atom is 0.134 e. The average Bonchev–Trinajstić information content (AvgIpc) is 3.14. The number of ether oxygens (including phenoxy) is 1. The summed E-state index contributed by atoms with van der Waals surface area (Å²) in [5.41, 5.74) is 3.99. The largest absolute Gasteiger partial charge is 0.487 e. The number of benzene rings is 2. The van der Waals surface area contributed by atoms with E-state index >= 15 is 0 Å². The van der Waals surface area contributed by atoms with Crippen LogP contribution in [0.5, 0.6) is 5.75 Å². The zero-order valence-corrected chi connectivity index (χ0v) is 14.6. The lowest BCUT2D eigenvalue weighted by Gasteiger charge is -2.04. The van der Waals surface area contributed by atoms with E-state index in [0.717, 1.165) is 22.6 Å². The van der Waals surface area contributed by atoms with Crippen LogP contribution in [0.25, 0.3) is 12.2 Å². The van der Waals surface area contributed by atoms with Crippen LogP contribution >= 0.6 is 0 Å². The molecule has 5 nitrogen and oxygen atoms in total. The summed E-state index contributed by atoms with van der Waals surface area (Å²) >= 11 is 0. The van der Waals surface area contributed by atoms with E-state index in [1.54, 1.807) is 6.20 Å². The molecular formula is C20H21FN4O. The van der Waals surface area contributed by atoms with Crippen molar-refractivity contribution in [3.63, 3.8) is 0 Å². The van der Waals surface area contributed by atoms with Gasteiger partial charge in [-0.3, -0.25) is 0 Å². The van der Waals surface area contributed by atoms with Crippen LogP contribution < -0.4 is 10.1 Å². The zero-order valence-electron chi connectivity index (χ0n) is 14.6. The Balaban J connectivity index is 1.54. The normalized spacial score (nSPS) is 11.0. The molecule has 0 bridgehead atoms. The summed E-state index contributed by atoms with van der Waals surface area (Å²) in [6.45, 7) is 0.0588. The van der Waals surface area contributed by atoms with Crippen LogP contribution in [0, 0.1) is 0 Å².